The first-order valence-corrected chi connectivity index (χ1v) is 12.3. The zero-order valence-corrected chi connectivity index (χ0v) is 22.0. The maximum atomic E-state index is 13.2. The summed E-state index contributed by atoms with van der Waals surface area (Å²) < 4.78 is 57.4. The van der Waals surface area contributed by atoms with E-state index < -0.39 is 11.7 Å². The fourth-order valence-corrected chi connectivity index (χ4v) is 4.72. The minimum atomic E-state index is -4.46. The Morgan fingerprint density at radius 3 is 2.42 bits per heavy atom. The van der Waals surface area contributed by atoms with Crippen LogP contribution < -0.4 is 19.5 Å². The molecule has 0 bridgehead atoms. The number of halogens is 4. The van der Waals surface area contributed by atoms with Gasteiger partial charge in [0.2, 0.25) is 0 Å². The van der Waals surface area contributed by atoms with Gasteiger partial charge in [0.15, 0.2) is 16.6 Å². The number of methoxy groups -OCH3 is 2. The third-order valence-electron chi connectivity index (χ3n) is 5.93. The van der Waals surface area contributed by atoms with Crippen molar-refractivity contribution < 1.29 is 27.4 Å². The highest BCUT2D eigenvalue weighted by Gasteiger charge is 2.33. The van der Waals surface area contributed by atoms with Gasteiger partial charge in [0.05, 0.1) is 25.8 Å². The Morgan fingerprint density at radius 2 is 1.75 bits per heavy atom. The van der Waals surface area contributed by atoms with E-state index in [0.717, 1.165) is 33.4 Å². The van der Waals surface area contributed by atoms with Crippen LogP contribution in [-0.4, -0.2) is 37.4 Å². The third kappa shape index (κ3) is 5.87. The van der Waals surface area contributed by atoms with E-state index in [0.29, 0.717) is 29.6 Å². The molecule has 1 atom stereocenters. The number of anilines is 1. The molecule has 1 heterocycles. The van der Waals surface area contributed by atoms with Crippen LogP contribution in [0.3, 0.4) is 0 Å². The number of hydrogen-bond acceptors (Lipinski definition) is 4. The van der Waals surface area contributed by atoms with Gasteiger partial charge in [0.25, 0.3) is 0 Å². The molecule has 1 unspecified atom stereocenters. The molecule has 0 aliphatic carbocycles. The molecular formula is C26H24BrF3N2O3S. The minimum Gasteiger partial charge on any atom is -0.493 e. The summed E-state index contributed by atoms with van der Waals surface area (Å²) in [6, 6.07) is 15.9. The molecule has 0 amide bonds. The summed E-state index contributed by atoms with van der Waals surface area (Å²) in [5, 5.41) is 3.74. The highest BCUT2D eigenvalue weighted by atomic mass is 79.9. The first kappa shape index (κ1) is 26.1. The fourth-order valence-electron chi connectivity index (χ4n) is 4.12. The molecule has 4 rings (SSSR count). The van der Waals surface area contributed by atoms with Crippen LogP contribution in [0.5, 0.6) is 17.2 Å². The van der Waals surface area contributed by atoms with Crippen LogP contribution in [0.2, 0.25) is 0 Å². The van der Waals surface area contributed by atoms with E-state index in [-0.39, 0.29) is 18.4 Å². The molecule has 0 fully saturated rings. The monoisotopic (exact) mass is 580 g/mol. The van der Waals surface area contributed by atoms with Crippen LogP contribution >= 0.6 is 28.1 Å². The molecule has 0 saturated heterocycles. The van der Waals surface area contributed by atoms with Crippen molar-refractivity contribution in [2.24, 2.45) is 0 Å². The van der Waals surface area contributed by atoms with Gasteiger partial charge in [-0.3, -0.25) is 0 Å². The van der Waals surface area contributed by atoms with Gasteiger partial charge >= 0.3 is 6.18 Å². The predicted octanol–water partition coefficient (Wildman–Crippen LogP) is 6.86. The number of benzene rings is 3. The highest BCUT2D eigenvalue weighted by Crippen LogP contribution is 2.39. The van der Waals surface area contributed by atoms with Gasteiger partial charge in [-0.05, 0) is 84.4 Å². The van der Waals surface area contributed by atoms with Crippen molar-refractivity contribution in [1.82, 2.24) is 4.90 Å². The number of thiocarbonyl (C=S) groups is 1. The largest absolute Gasteiger partial charge is 0.493 e. The van der Waals surface area contributed by atoms with E-state index in [1.54, 1.807) is 14.2 Å². The van der Waals surface area contributed by atoms with E-state index in [9.17, 15) is 13.2 Å². The number of rotatable bonds is 6. The van der Waals surface area contributed by atoms with E-state index in [1.165, 1.54) is 12.1 Å². The summed E-state index contributed by atoms with van der Waals surface area (Å²) in [7, 11) is 3.13. The summed E-state index contributed by atoms with van der Waals surface area (Å²) in [4.78, 5) is 1.99. The van der Waals surface area contributed by atoms with E-state index in [1.807, 2.05) is 41.3 Å². The lowest BCUT2D eigenvalue weighted by molar-refractivity contribution is -0.137. The summed E-state index contributed by atoms with van der Waals surface area (Å²) in [6.45, 7) is 0.660. The normalized spacial score (nSPS) is 15.2. The van der Waals surface area contributed by atoms with E-state index >= 15 is 0 Å². The predicted molar refractivity (Wildman–Crippen MR) is 140 cm³/mol. The van der Waals surface area contributed by atoms with E-state index in [2.05, 4.69) is 21.2 Å². The lowest BCUT2D eigenvalue weighted by Gasteiger charge is -2.39. The second kappa shape index (κ2) is 11.0. The molecule has 1 aliphatic heterocycles. The fraction of sp³-hybridized carbons (Fsp3) is 0.269. The Kier molecular flexibility index (Phi) is 7.94. The van der Waals surface area contributed by atoms with Gasteiger partial charge in [0.1, 0.15) is 12.4 Å². The Hall–Kier alpha value is -2.98. The Labute approximate surface area is 221 Å². The zero-order chi connectivity index (χ0) is 25.9. The molecule has 10 heteroatoms. The average molecular weight is 581 g/mol. The molecule has 0 saturated carbocycles. The molecule has 1 N–H and O–H groups in total. The molecular weight excluding hydrogens is 557 g/mol. The molecule has 190 valence electrons. The average Bonchev–Trinajstić information content (AvgIpc) is 2.87. The first-order valence-electron chi connectivity index (χ1n) is 11.1. The van der Waals surface area contributed by atoms with Crippen LogP contribution in [0.25, 0.3) is 0 Å². The molecule has 0 spiro atoms. The Bertz CT molecular complexity index is 1240. The quantitative estimate of drug-likeness (QED) is 0.321. The topological polar surface area (TPSA) is 43.0 Å². The molecule has 3 aromatic carbocycles. The Balaban J connectivity index is 1.64. The SMILES string of the molecule is COc1cc2c(cc1OC)C(COc1cccc(C(F)(F)F)c1)N(C(=S)Nc1ccc(Br)cc1)CC2. The van der Waals surface area contributed by atoms with Crippen LogP contribution in [0.15, 0.2) is 65.1 Å². The highest BCUT2D eigenvalue weighted by molar-refractivity contribution is 9.10. The number of ether oxygens (including phenoxy) is 3. The first-order chi connectivity index (χ1) is 17.2. The second-order valence-corrected chi connectivity index (χ2v) is 9.44. The summed E-state index contributed by atoms with van der Waals surface area (Å²) in [5.74, 6) is 1.29. The maximum absolute atomic E-state index is 13.2. The molecule has 3 aromatic rings. The lowest BCUT2D eigenvalue weighted by Crippen LogP contribution is -2.44. The summed E-state index contributed by atoms with van der Waals surface area (Å²) in [5.41, 5.74) is 2.00. The van der Waals surface area contributed by atoms with Crippen LogP contribution in [-0.2, 0) is 12.6 Å². The van der Waals surface area contributed by atoms with Crippen molar-refractivity contribution in [3.63, 3.8) is 0 Å². The van der Waals surface area contributed by atoms with Crippen molar-refractivity contribution in [1.29, 1.82) is 0 Å². The second-order valence-electron chi connectivity index (χ2n) is 8.14. The van der Waals surface area contributed by atoms with Crippen molar-refractivity contribution in [2.45, 2.75) is 18.6 Å². The number of nitrogens with one attached hydrogen (secondary N) is 1. The van der Waals surface area contributed by atoms with Gasteiger partial charge in [0, 0.05) is 16.7 Å². The van der Waals surface area contributed by atoms with Crippen LogP contribution in [0.4, 0.5) is 18.9 Å². The standard InChI is InChI=1S/C26H24BrF3N2O3S/c1-33-23-12-16-10-11-32(25(36)31-19-8-6-18(27)7-9-19)22(21(16)14-24(23)34-2)15-35-20-5-3-4-17(13-20)26(28,29)30/h3-9,12-14,22H,10-11,15H2,1-2H3,(H,31,36). The van der Waals surface area contributed by atoms with Gasteiger partial charge in [-0.1, -0.05) is 22.0 Å². The number of hydrogen-bond donors (Lipinski definition) is 1. The van der Waals surface area contributed by atoms with E-state index in [4.69, 9.17) is 26.4 Å². The Morgan fingerprint density at radius 1 is 1.06 bits per heavy atom. The number of alkyl halides is 3. The lowest BCUT2D eigenvalue weighted by atomic mass is 9.92. The minimum absolute atomic E-state index is 0.0753. The molecule has 0 radical (unpaired) electrons. The van der Waals surface area contributed by atoms with Crippen molar-refractivity contribution in [2.75, 3.05) is 32.7 Å². The molecule has 1 aliphatic rings. The number of nitrogens with zero attached hydrogens (tertiary/aromatic N) is 1. The van der Waals surface area contributed by atoms with Crippen LogP contribution in [0, 0.1) is 0 Å². The smallest absolute Gasteiger partial charge is 0.416 e. The van der Waals surface area contributed by atoms with Gasteiger partial charge in [-0.25, -0.2) is 0 Å². The zero-order valence-electron chi connectivity index (χ0n) is 19.6. The van der Waals surface area contributed by atoms with Crippen molar-refractivity contribution in [3.8, 4) is 17.2 Å². The molecule has 0 aromatic heterocycles. The van der Waals surface area contributed by atoms with Gasteiger partial charge in [-0.2, -0.15) is 13.2 Å². The summed E-state index contributed by atoms with van der Waals surface area (Å²) in [6.07, 6.45) is -3.76. The maximum Gasteiger partial charge on any atom is 0.416 e. The molecule has 36 heavy (non-hydrogen) atoms. The van der Waals surface area contributed by atoms with Gasteiger partial charge < -0.3 is 24.4 Å². The van der Waals surface area contributed by atoms with Crippen LogP contribution in [0.1, 0.15) is 22.7 Å². The van der Waals surface area contributed by atoms with Crippen molar-refractivity contribution in [3.05, 3.63) is 81.8 Å². The number of fused-ring (bicyclic) bond motifs is 1. The molecule has 5 nitrogen and oxygen atoms in total. The van der Waals surface area contributed by atoms with Gasteiger partial charge in [-0.15, -0.1) is 0 Å². The third-order valence-corrected chi connectivity index (χ3v) is 6.79. The summed E-state index contributed by atoms with van der Waals surface area (Å²) >= 11 is 9.17. The van der Waals surface area contributed by atoms with Crippen molar-refractivity contribution >= 4 is 38.9 Å².